The van der Waals surface area contributed by atoms with Crippen molar-refractivity contribution in [3.63, 3.8) is 0 Å². The van der Waals surface area contributed by atoms with Crippen molar-refractivity contribution in [2.45, 2.75) is 25.4 Å². The highest BCUT2D eigenvalue weighted by molar-refractivity contribution is 5.91. The second-order valence-corrected chi connectivity index (χ2v) is 3.63. The van der Waals surface area contributed by atoms with Crippen LogP contribution in [0.25, 0.3) is 0 Å². The quantitative estimate of drug-likeness (QED) is 0.530. The number of aliphatic carboxylic acids is 1. The first-order valence-electron chi connectivity index (χ1n) is 5.14. The molecule has 7 heteroatoms. The molecule has 0 unspecified atom stereocenters. The summed E-state index contributed by atoms with van der Waals surface area (Å²) in [5.41, 5.74) is 10.8. The minimum absolute atomic E-state index is 0.352. The Morgan fingerprint density at radius 3 is 2.82 bits per heavy atom. The number of hydrogen-bond acceptors (Lipinski definition) is 4. The molecule has 1 aromatic heterocycles. The third-order valence-electron chi connectivity index (χ3n) is 2.26. The normalized spacial score (nSPS) is 12.1. The number of nitrogens with two attached hydrogens (primary N) is 2. The van der Waals surface area contributed by atoms with E-state index in [1.54, 1.807) is 0 Å². The zero-order chi connectivity index (χ0) is 12.8. The Kier molecular flexibility index (Phi) is 4.53. The number of amides is 1. The molecule has 0 spiro atoms. The van der Waals surface area contributed by atoms with Crippen LogP contribution in [0.3, 0.4) is 0 Å². The van der Waals surface area contributed by atoms with Crippen LogP contribution in [0, 0.1) is 0 Å². The summed E-state index contributed by atoms with van der Waals surface area (Å²) in [6.07, 6.45) is 3.91. The number of carboxylic acid groups (broad SMARTS) is 1. The van der Waals surface area contributed by atoms with Gasteiger partial charge >= 0.3 is 5.97 Å². The van der Waals surface area contributed by atoms with Crippen molar-refractivity contribution in [1.82, 2.24) is 5.10 Å². The predicted octanol–water partition coefficient (Wildman–Crippen LogP) is -1.34. The van der Waals surface area contributed by atoms with Crippen molar-refractivity contribution in [2.75, 3.05) is 0 Å². The lowest BCUT2D eigenvalue weighted by molar-refractivity contribution is -0.754. The maximum atomic E-state index is 10.9. The summed E-state index contributed by atoms with van der Waals surface area (Å²) in [7, 11) is 0. The number of aromatic nitrogens is 2. The monoisotopic (exact) mass is 239 g/mol. The van der Waals surface area contributed by atoms with Gasteiger partial charge in [-0.05, 0) is 17.6 Å². The average molecular weight is 239 g/mol. The van der Waals surface area contributed by atoms with Crippen molar-refractivity contribution in [3.8, 4) is 0 Å². The number of carbonyl (C=O) groups is 2. The lowest BCUT2D eigenvalue weighted by Crippen LogP contribution is -2.40. The van der Waals surface area contributed by atoms with Gasteiger partial charge in [-0.2, -0.15) is 0 Å². The maximum Gasteiger partial charge on any atom is 0.320 e. The minimum Gasteiger partial charge on any atom is -0.480 e. The highest BCUT2D eigenvalue weighted by Gasteiger charge is 2.13. The molecule has 0 fully saturated rings. The molecule has 0 aromatic carbocycles. The maximum absolute atomic E-state index is 10.9. The fourth-order valence-corrected chi connectivity index (χ4v) is 1.30. The van der Waals surface area contributed by atoms with Gasteiger partial charge in [0.2, 0.25) is 6.20 Å². The summed E-state index contributed by atoms with van der Waals surface area (Å²) >= 11 is 0. The van der Waals surface area contributed by atoms with Gasteiger partial charge in [0.25, 0.3) is 5.91 Å². The van der Waals surface area contributed by atoms with Crippen LogP contribution in [0.1, 0.15) is 23.2 Å². The van der Waals surface area contributed by atoms with Gasteiger partial charge in [0.15, 0.2) is 6.54 Å². The van der Waals surface area contributed by atoms with E-state index in [0.29, 0.717) is 24.9 Å². The molecule has 92 valence electrons. The minimum atomic E-state index is -1.02. The summed E-state index contributed by atoms with van der Waals surface area (Å²) in [6, 6.07) is 0.650. The van der Waals surface area contributed by atoms with Crippen LogP contribution in [0.2, 0.25) is 0 Å². The number of carbonyl (C=O) groups excluding carboxylic acids is 1. The lowest BCUT2D eigenvalue weighted by Gasteiger charge is -2.03. The van der Waals surface area contributed by atoms with Crippen molar-refractivity contribution < 1.29 is 19.4 Å². The largest absolute Gasteiger partial charge is 0.480 e. The van der Waals surface area contributed by atoms with Crippen molar-refractivity contribution in [3.05, 3.63) is 24.0 Å². The Morgan fingerprint density at radius 2 is 2.24 bits per heavy atom. The van der Waals surface area contributed by atoms with Crippen LogP contribution in [-0.2, 0) is 11.3 Å². The highest BCUT2D eigenvalue weighted by atomic mass is 16.4. The fraction of sp³-hybridized carbons (Fsp3) is 0.400. The Balaban J connectivity index is 2.49. The molecule has 1 amide bonds. The molecule has 0 saturated carbocycles. The summed E-state index contributed by atoms with van der Waals surface area (Å²) in [5.74, 6) is -1.54. The molecule has 7 nitrogen and oxygen atoms in total. The summed E-state index contributed by atoms with van der Waals surface area (Å²) < 4.78 is 1.54. The zero-order valence-corrected chi connectivity index (χ0v) is 9.24. The van der Waals surface area contributed by atoms with Gasteiger partial charge in [0.05, 0.1) is 6.20 Å². The van der Waals surface area contributed by atoms with Crippen LogP contribution in [0.4, 0.5) is 0 Å². The van der Waals surface area contributed by atoms with Gasteiger partial charge in [-0.3, -0.25) is 9.59 Å². The van der Waals surface area contributed by atoms with Gasteiger partial charge in [0, 0.05) is 6.42 Å². The van der Waals surface area contributed by atoms with E-state index >= 15 is 0 Å². The van der Waals surface area contributed by atoms with E-state index in [2.05, 4.69) is 5.10 Å². The number of carboxylic acids is 1. The van der Waals surface area contributed by atoms with Crippen LogP contribution in [0.5, 0.6) is 0 Å². The van der Waals surface area contributed by atoms with Crippen LogP contribution in [-0.4, -0.2) is 28.1 Å². The topological polar surface area (TPSA) is 123 Å². The predicted molar refractivity (Wildman–Crippen MR) is 57.8 cm³/mol. The number of hydrogen-bond donors (Lipinski definition) is 3. The second-order valence-electron chi connectivity index (χ2n) is 3.63. The van der Waals surface area contributed by atoms with Crippen molar-refractivity contribution in [1.29, 1.82) is 0 Å². The van der Waals surface area contributed by atoms with E-state index < -0.39 is 17.9 Å². The van der Waals surface area contributed by atoms with Crippen LogP contribution >= 0.6 is 0 Å². The van der Waals surface area contributed by atoms with Crippen LogP contribution in [0.15, 0.2) is 18.5 Å². The zero-order valence-electron chi connectivity index (χ0n) is 9.24. The van der Waals surface area contributed by atoms with Gasteiger partial charge in [-0.25, -0.2) is 0 Å². The average Bonchev–Trinajstić information content (AvgIpc) is 2.29. The molecule has 17 heavy (non-hydrogen) atoms. The first-order valence-corrected chi connectivity index (χ1v) is 5.14. The first kappa shape index (κ1) is 13.0. The third kappa shape index (κ3) is 4.15. The second kappa shape index (κ2) is 5.90. The molecule has 0 radical (unpaired) electrons. The molecule has 0 aliphatic rings. The summed E-state index contributed by atoms with van der Waals surface area (Å²) in [5, 5.41) is 12.6. The molecular weight excluding hydrogens is 224 g/mol. The van der Waals surface area contributed by atoms with E-state index in [-0.39, 0.29) is 0 Å². The molecule has 1 heterocycles. The molecular formula is C10H15N4O3+. The molecule has 1 rings (SSSR count). The molecule has 0 aliphatic carbocycles. The van der Waals surface area contributed by atoms with Gasteiger partial charge in [-0.15, -0.1) is 0 Å². The standard InChI is InChI=1S/C10H14N4O3/c11-8(10(16)17)2-1-5-14-6-7(9(12)15)3-4-13-14/h3-4,6,8H,1-2,5,11H2,(H2-,12,15,16,17)/p+1/t8-/m0/s1. The van der Waals surface area contributed by atoms with Crippen molar-refractivity contribution >= 4 is 11.9 Å². The van der Waals surface area contributed by atoms with E-state index in [1.165, 1.54) is 23.1 Å². The SMILES string of the molecule is NC(=O)c1ccn[n+](CCC[C@H](N)C(=O)O)c1. The molecule has 0 aliphatic heterocycles. The van der Waals surface area contributed by atoms with Gasteiger partial charge in [0.1, 0.15) is 11.6 Å². The third-order valence-corrected chi connectivity index (χ3v) is 2.26. The molecule has 5 N–H and O–H groups in total. The molecule has 1 aromatic rings. The smallest absolute Gasteiger partial charge is 0.320 e. The number of rotatable bonds is 6. The molecule has 1 atom stereocenters. The van der Waals surface area contributed by atoms with Gasteiger partial charge in [-0.1, -0.05) is 4.68 Å². The first-order chi connectivity index (χ1) is 8.00. The van der Waals surface area contributed by atoms with Crippen molar-refractivity contribution in [2.24, 2.45) is 11.5 Å². The van der Waals surface area contributed by atoms with Crippen LogP contribution < -0.4 is 16.1 Å². The summed E-state index contributed by atoms with van der Waals surface area (Å²) in [4.78, 5) is 21.4. The van der Waals surface area contributed by atoms with E-state index in [4.69, 9.17) is 16.6 Å². The number of aryl methyl sites for hydroxylation is 1. The summed E-state index contributed by atoms with van der Waals surface area (Å²) in [6.45, 7) is 0.488. The van der Waals surface area contributed by atoms with E-state index in [1.807, 2.05) is 0 Å². The Hall–Kier alpha value is -2.02. The Labute approximate surface area is 98.0 Å². The number of nitrogens with zero attached hydrogens (tertiary/aromatic N) is 2. The fourth-order valence-electron chi connectivity index (χ4n) is 1.30. The number of primary amides is 1. The van der Waals surface area contributed by atoms with Gasteiger partial charge < -0.3 is 16.6 Å². The molecule has 0 saturated heterocycles. The Bertz CT molecular complexity index is 422. The molecule has 0 bridgehead atoms. The van der Waals surface area contributed by atoms with E-state index in [9.17, 15) is 9.59 Å². The lowest BCUT2D eigenvalue weighted by atomic mass is 10.2. The highest BCUT2D eigenvalue weighted by Crippen LogP contribution is 1.95. The Morgan fingerprint density at radius 1 is 1.53 bits per heavy atom. The van der Waals surface area contributed by atoms with E-state index in [0.717, 1.165) is 0 Å².